The molecule has 4 N–H and O–H groups in total. The zero-order valence-corrected chi connectivity index (χ0v) is 14.8. The Labute approximate surface area is 147 Å². The number of sulfone groups is 1. The Hall–Kier alpha value is -2.11. The minimum absolute atomic E-state index is 0.0656. The monoisotopic (exact) mass is 390 g/mol. The number of aromatic nitrogens is 1. The molecule has 0 fully saturated rings. The number of hydrogen-bond acceptors (Lipinski definition) is 7. The lowest BCUT2D eigenvalue weighted by molar-refractivity contribution is 0.102. The van der Waals surface area contributed by atoms with E-state index in [0.29, 0.717) is 17.2 Å². The van der Waals surface area contributed by atoms with E-state index >= 15 is 0 Å². The van der Waals surface area contributed by atoms with Crippen LogP contribution in [0.4, 0.5) is 20.2 Å². The Morgan fingerprint density at radius 3 is 2.64 bits per heavy atom. The van der Waals surface area contributed by atoms with Crippen LogP contribution in [0.1, 0.15) is 22.4 Å². The van der Waals surface area contributed by atoms with E-state index in [0.717, 1.165) is 12.1 Å². The maximum absolute atomic E-state index is 12.7. The fraction of sp³-hybridized carbons (Fsp3) is 0.286. The molecular weight excluding hydrogens is 374 g/mol. The number of nitrogens with zero attached hydrogens (tertiary/aromatic N) is 1. The van der Waals surface area contributed by atoms with Crippen molar-refractivity contribution in [3.8, 4) is 0 Å². The summed E-state index contributed by atoms with van der Waals surface area (Å²) in [5.41, 5.74) is 6.02. The maximum atomic E-state index is 12.7. The third-order valence-electron chi connectivity index (χ3n) is 3.13. The fourth-order valence-corrected chi connectivity index (χ4v) is 3.35. The van der Waals surface area contributed by atoms with Gasteiger partial charge in [0.15, 0.2) is 0 Å². The molecule has 2 aromatic rings. The van der Waals surface area contributed by atoms with Gasteiger partial charge in [-0.15, -0.1) is 11.3 Å². The predicted molar refractivity (Wildman–Crippen MR) is 91.8 cm³/mol. The number of amides is 1. The van der Waals surface area contributed by atoms with Crippen LogP contribution in [-0.4, -0.2) is 31.6 Å². The molecule has 0 atom stereocenters. The Morgan fingerprint density at radius 1 is 1.36 bits per heavy atom. The minimum atomic E-state index is -4.77. The van der Waals surface area contributed by atoms with E-state index < -0.39 is 26.4 Å². The van der Waals surface area contributed by atoms with Crippen LogP contribution in [0.15, 0.2) is 28.5 Å². The minimum Gasteiger partial charge on any atom is -0.384 e. The second-order valence-electron chi connectivity index (χ2n) is 4.83. The summed E-state index contributed by atoms with van der Waals surface area (Å²) in [7, 11) is -4.77. The van der Waals surface area contributed by atoms with Crippen LogP contribution < -0.4 is 16.4 Å². The van der Waals surface area contributed by atoms with Crippen molar-refractivity contribution in [1.82, 2.24) is 4.98 Å². The van der Waals surface area contributed by atoms with E-state index in [9.17, 15) is 22.0 Å². The summed E-state index contributed by atoms with van der Waals surface area (Å²) in [6.07, 6.45) is 0. The van der Waals surface area contributed by atoms with Gasteiger partial charge in [-0.05, 0) is 25.1 Å². The normalized spacial score (nSPS) is 11.6. The lowest BCUT2D eigenvalue weighted by Crippen LogP contribution is -2.16. The number of nitrogens with two attached hydrogens (primary N) is 1. The van der Waals surface area contributed by atoms with Crippen molar-refractivity contribution in [1.29, 1.82) is 0 Å². The fourth-order valence-electron chi connectivity index (χ4n) is 1.95. The highest BCUT2D eigenvalue weighted by Crippen LogP contribution is 2.28. The summed E-state index contributed by atoms with van der Waals surface area (Å²) in [5.74, 6) is -4.15. The average Bonchev–Trinajstić information content (AvgIpc) is 3.05. The Balaban J connectivity index is 2.38. The molecule has 0 spiro atoms. The van der Waals surface area contributed by atoms with Crippen LogP contribution in [0.25, 0.3) is 0 Å². The molecule has 1 aromatic carbocycles. The lowest BCUT2D eigenvalue weighted by Gasteiger charge is -2.13. The van der Waals surface area contributed by atoms with Gasteiger partial charge < -0.3 is 16.4 Å². The molecule has 25 heavy (non-hydrogen) atoms. The second-order valence-corrected chi connectivity index (χ2v) is 7.69. The first-order valence-electron chi connectivity index (χ1n) is 7.15. The van der Waals surface area contributed by atoms with Crippen molar-refractivity contribution in [2.45, 2.75) is 24.1 Å². The maximum Gasteiger partial charge on any atom is 0.341 e. The van der Waals surface area contributed by atoms with Crippen LogP contribution in [0.5, 0.6) is 0 Å². The zero-order chi connectivity index (χ0) is 18.6. The molecule has 0 unspecified atom stereocenters. The number of rotatable bonds is 7. The average molecular weight is 390 g/mol. The van der Waals surface area contributed by atoms with E-state index in [1.54, 1.807) is 6.92 Å². The van der Waals surface area contributed by atoms with Crippen molar-refractivity contribution in [3.05, 3.63) is 34.3 Å². The SMILES string of the molecule is CCNc1ccc(S(=O)(=O)C(F)F)cc1NC(=O)c1csc(CN)n1. The molecule has 0 aliphatic rings. The van der Waals surface area contributed by atoms with Crippen molar-refractivity contribution in [2.24, 2.45) is 5.73 Å². The van der Waals surface area contributed by atoms with Crippen LogP contribution >= 0.6 is 11.3 Å². The summed E-state index contributed by atoms with van der Waals surface area (Å²) in [6.45, 7) is 2.46. The smallest absolute Gasteiger partial charge is 0.341 e. The third-order valence-corrected chi connectivity index (χ3v) is 5.38. The van der Waals surface area contributed by atoms with Gasteiger partial charge in [-0.1, -0.05) is 0 Å². The van der Waals surface area contributed by atoms with Crippen LogP contribution in [0.3, 0.4) is 0 Å². The van der Waals surface area contributed by atoms with Crippen molar-refractivity contribution < 1.29 is 22.0 Å². The van der Waals surface area contributed by atoms with Gasteiger partial charge in [0.2, 0.25) is 9.84 Å². The number of carbonyl (C=O) groups excluding carboxylic acids is 1. The van der Waals surface area contributed by atoms with Gasteiger partial charge in [-0.3, -0.25) is 4.79 Å². The van der Waals surface area contributed by atoms with Crippen molar-refractivity contribution in [3.63, 3.8) is 0 Å². The van der Waals surface area contributed by atoms with Gasteiger partial charge in [0, 0.05) is 18.5 Å². The molecule has 0 aliphatic carbocycles. The van der Waals surface area contributed by atoms with Gasteiger partial charge in [0.1, 0.15) is 10.7 Å². The highest BCUT2D eigenvalue weighted by atomic mass is 32.2. The summed E-state index contributed by atoms with van der Waals surface area (Å²) in [4.78, 5) is 15.7. The molecule has 1 heterocycles. The zero-order valence-electron chi connectivity index (χ0n) is 13.1. The van der Waals surface area contributed by atoms with E-state index in [-0.39, 0.29) is 17.9 Å². The number of thiazole rings is 1. The summed E-state index contributed by atoms with van der Waals surface area (Å²) in [6, 6.07) is 3.37. The molecular formula is C14H16F2N4O3S2. The number of halogens is 2. The van der Waals surface area contributed by atoms with Gasteiger partial charge >= 0.3 is 5.76 Å². The third kappa shape index (κ3) is 4.30. The first-order chi connectivity index (χ1) is 11.8. The molecule has 0 aliphatic heterocycles. The highest BCUT2D eigenvalue weighted by molar-refractivity contribution is 7.91. The highest BCUT2D eigenvalue weighted by Gasteiger charge is 2.27. The van der Waals surface area contributed by atoms with E-state index in [1.165, 1.54) is 22.8 Å². The largest absolute Gasteiger partial charge is 0.384 e. The van der Waals surface area contributed by atoms with Gasteiger partial charge in [-0.25, -0.2) is 13.4 Å². The second kappa shape index (κ2) is 7.85. The molecule has 0 bridgehead atoms. The molecule has 0 radical (unpaired) electrons. The van der Waals surface area contributed by atoms with Crippen molar-refractivity contribution in [2.75, 3.05) is 17.2 Å². The Morgan fingerprint density at radius 2 is 2.08 bits per heavy atom. The predicted octanol–water partition coefficient (Wildman–Crippen LogP) is 2.28. The number of alkyl halides is 2. The summed E-state index contributed by atoms with van der Waals surface area (Å²) >= 11 is 1.21. The van der Waals surface area contributed by atoms with Crippen LogP contribution in [-0.2, 0) is 16.4 Å². The van der Waals surface area contributed by atoms with Crippen molar-refractivity contribution >= 4 is 38.5 Å². The molecule has 2 rings (SSSR count). The number of benzene rings is 1. The molecule has 0 saturated carbocycles. The number of hydrogen-bond donors (Lipinski definition) is 3. The summed E-state index contributed by atoms with van der Waals surface area (Å²) in [5, 5.41) is 7.48. The van der Waals surface area contributed by atoms with Gasteiger partial charge in [0.05, 0.1) is 16.3 Å². The van der Waals surface area contributed by atoms with E-state index in [4.69, 9.17) is 5.73 Å². The number of nitrogens with one attached hydrogen (secondary N) is 2. The van der Waals surface area contributed by atoms with E-state index in [1.807, 2.05) is 0 Å². The summed E-state index contributed by atoms with van der Waals surface area (Å²) < 4.78 is 48.8. The lowest BCUT2D eigenvalue weighted by atomic mass is 10.2. The Kier molecular flexibility index (Phi) is 6.03. The number of carbonyl (C=O) groups is 1. The van der Waals surface area contributed by atoms with Crippen LogP contribution in [0.2, 0.25) is 0 Å². The molecule has 1 aromatic heterocycles. The molecule has 11 heteroatoms. The van der Waals surface area contributed by atoms with Gasteiger partial charge in [-0.2, -0.15) is 8.78 Å². The van der Waals surface area contributed by atoms with Gasteiger partial charge in [0.25, 0.3) is 5.91 Å². The topological polar surface area (TPSA) is 114 Å². The first-order valence-corrected chi connectivity index (χ1v) is 9.58. The molecule has 7 nitrogen and oxygen atoms in total. The van der Waals surface area contributed by atoms with E-state index in [2.05, 4.69) is 15.6 Å². The first kappa shape index (κ1) is 19.2. The molecule has 0 saturated heterocycles. The quantitative estimate of drug-likeness (QED) is 0.668. The molecule has 1 amide bonds. The molecule has 136 valence electrons. The van der Waals surface area contributed by atoms with Crippen LogP contribution in [0, 0.1) is 0 Å². The Bertz CT molecular complexity index is 869. The number of anilines is 2. The standard InChI is InChI=1S/C14H16F2N4O3S2/c1-2-18-9-4-3-8(25(22,23)14(15)16)5-10(9)20-13(21)11-7-24-12(6-17)19-11/h3-5,7,14,18H,2,6,17H2,1H3,(H,20,21).